The molecule has 0 spiro atoms. The van der Waals surface area contributed by atoms with Crippen molar-refractivity contribution in [3.05, 3.63) is 6.92 Å². The number of hydrogen-bond acceptors (Lipinski definition) is 4. The normalized spacial score (nSPS) is 11.9. The molecule has 1 radical (unpaired) electrons. The van der Waals surface area contributed by atoms with Crippen LogP contribution in [0.25, 0.3) is 0 Å². The SMILES string of the molecule is [CH2]C(CC(=O)OCCCCC)C(=O)OCCCCC. The molecule has 0 aliphatic rings. The van der Waals surface area contributed by atoms with E-state index >= 15 is 0 Å². The fourth-order valence-electron chi connectivity index (χ4n) is 1.52. The van der Waals surface area contributed by atoms with E-state index in [-0.39, 0.29) is 12.4 Å². The van der Waals surface area contributed by atoms with Crippen molar-refractivity contribution in [3.63, 3.8) is 0 Å². The lowest BCUT2D eigenvalue weighted by Crippen LogP contribution is -2.20. The van der Waals surface area contributed by atoms with Gasteiger partial charge in [-0.25, -0.2) is 0 Å². The average Bonchev–Trinajstić information content (AvgIpc) is 2.39. The summed E-state index contributed by atoms with van der Waals surface area (Å²) in [7, 11) is 0. The summed E-state index contributed by atoms with van der Waals surface area (Å²) in [5, 5.41) is 0. The monoisotopic (exact) mass is 271 g/mol. The van der Waals surface area contributed by atoms with Gasteiger partial charge in [-0.05, 0) is 19.8 Å². The highest BCUT2D eigenvalue weighted by atomic mass is 16.5. The van der Waals surface area contributed by atoms with Crippen LogP contribution in [0.4, 0.5) is 0 Å². The number of esters is 2. The van der Waals surface area contributed by atoms with Crippen molar-refractivity contribution < 1.29 is 19.1 Å². The van der Waals surface area contributed by atoms with E-state index in [1.54, 1.807) is 0 Å². The van der Waals surface area contributed by atoms with E-state index in [4.69, 9.17) is 9.47 Å². The van der Waals surface area contributed by atoms with Gasteiger partial charge in [-0.2, -0.15) is 0 Å². The van der Waals surface area contributed by atoms with Gasteiger partial charge in [-0.3, -0.25) is 9.59 Å². The molecule has 111 valence electrons. The summed E-state index contributed by atoms with van der Waals surface area (Å²) in [5.74, 6) is -1.46. The zero-order chi connectivity index (χ0) is 14.5. The lowest BCUT2D eigenvalue weighted by atomic mass is 10.1. The smallest absolute Gasteiger partial charge is 0.309 e. The molecule has 0 heterocycles. The van der Waals surface area contributed by atoms with Gasteiger partial charge in [0.05, 0.1) is 25.6 Å². The minimum absolute atomic E-state index is 0.00125. The second-order valence-corrected chi connectivity index (χ2v) is 4.70. The van der Waals surface area contributed by atoms with Crippen LogP contribution >= 0.6 is 0 Å². The van der Waals surface area contributed by atoms with E-state index in [1.165, 1.54) is 0 Å². The molecule has 1 atom stereocenters. The highest BCUT2D eigenvalue weighted by molar-refractivity contribution is 5.80. The van der Waals surface area contributed by atoms with E-state index in [0.29, 0.717) is 13.2 Å². The lowest BCUT2D eigenvalue weighted by molar-refractivity contribution is -0.153. The van der Waals surface area contributed by atoms with Crippen LogP contribution < -0.4 is 0 Å². The summed E-state index contributed by atoms with van der Waals surface area (Å²) >= 11 is 0. The van der Waals surface area contributed by atoms with Crippen LogP contribution in [0.3, 0.4) is 0 Å². The van der Waals surface area contributed by atoms with E-state index in [9.17, 15) is 9.59 Å². The van der Waals surface area contributed by atoms with Crippen LogP contribution in [0.5, 0.6) is 0 Å². The molecule has 0 aliphatic carbocycles. The summed E-state index contributed by atoms with van der Waals surface area (Å²) in [4.78, 5) is 23.0. The first-order valence-electron chi connectivity index (χ1n) is 7.27. The maximum absolute atomic E-state index is 11.5. The Hall–Kier alpha value is -1.06. The van der Waals surface area contributed by atoms with E-state index in [1.807, 2.05) is 0 Å². The number of hydrogen-bond donors (Lipinski definition) is 0. The average molecular weight is 271 g/mol. The minimum atomic E-state index is -0.666. The molecule has 1 unspecified atom stereocenters. The topological polar surface area (TPSA) is 52.6 Å². The molecule has 0 rings (SSSR count). The van der Waals surface area contributed by atoms with Gasteiger partial charge in [0.2, 0.25) is 0 Å². The van der Waals surface area contributed by atoms with Crippen molar-refractivity contribution in [1.82, 2.24) is 0 Å². The van der Waals surface area contributed by atoms with Gasteiger partial charge in [0.1, 0.15) is 0 Å². The Morgan fingerprint density at radius 2 is 1.47 bits per heavy atom. The van der Waals surface area contributed by atoms with Crippen LogP contribution in [0.15, 0.2) is 0 Å². The minimum Gasteiger partial charge on any atom is -0.466 e. The predicted octanol–water partition coefficient (Wildman–Crippen LogP) is 3.29. The van der Waals surface area contributed by atoms with E-state index < -0.39 is 11.9 Å². The summed E-state index contributed by atoms with van der Waals surface area (Å²) in [5.41, 5.74) is 0. The second-order valence-electron chi connectivity index (χ2n) is 4.70. The fraction of sp³-hybridized carbons (Fsp3) is 0.800. The molecule has 0 aromatic heterocycles. The van der Waals surface area contributed by atoms with Gasteiger partial charge in [-0.1, -0.05) is 39.5 Å². The zero-order valence-corrected chi connectivity index (χ0v) is 12.3. The molecule has 0 saturated heterocycles. The standard InChI is InChI=1S/C15H27O4/c1-4-6-8-10-18-14(16)12-13(3)15(17)19-11-9-7-5-2/h13H,3-12H2,1-2H3. The number of rotatable bonds is 11. The van der Waals surface area contributed by atoms with Gasteiger partial charge in [0.15, 0.2) is 0 Å². The Labute approximate surface area is 116 Å². The first-order valence-corrected chi connectivity index (χ1v) is 7.27. The highest BCUT2D eigenvalue weighted by Crippen LogP contribution is 2.07. The van der Waals surface area contributed by atoms with Crippen molar-refractivity contribution in [2.75, 3.05) is 13.2 Å². The molecule has 0 aliphatic heterocycles. The van der Waals surface area contributed by atoms with Crippen molar-refractivity contribution in [2.45, 2.75) is 58.8 Å². The Morgan fingerprint density at radius 3 is 2.00 bits per heavy atom. The third-order valence-corrected chi connectivity index (χ3v) is 2.75. The fourth-order valence-corrected chi connectivity index (χ4v) is 1.52. The predicted molar refractivity (Wildman–Crippen MR) is 74.4 cm³/mol. The molecule has 4 heteroatoms. The summed E-state index contributed by atoms with van der Waals surface area (Å²) < 4.78 is 10.1. The maximum atomic E-state index is 11.5. The molecule has 0 aromatic carbocycles. The largest absolute Gasteiger partial charge is 0.466 e. The maximum Gasteiger partial charge on any atom is 0.309 e. The molecule has 0 bridgehead atoms. The molecule has 0 fully saturated rings. The quantitative estimate of drug-likeness (QED) is 0.427. The van der Waals surface area contributed by atoms with Crippen LogP contribution in [0.2, 0.25) is 0 Å². The lowest BCUT2D eigenvalue weighted by Gasteiger charge is -2.11. The summed E-state index contributed by atoms with van der Waals surface area (Å²) in [6, 6.07) is 0. The number of unbranched alkanes of at least 4 members (excludes halogenated alkanes) is 4. The van der Waals surface area contributed by atoms with Crippen molar-refractivity contribution >= 4 is 11.9 Å². The Kier molecular flexibility index (Phi) is 11.3. The number of carbonyl (C=O) groups is 2. The molecule has 0 saturated carbocycles. The van der Waals surface area contributed by atoms with Gasteiger partial charge in [0, 0.05) is 0 Å². The van der Waals surface area contributed by atoms with Crippen LogP contribution in [0, 0.1) is 12.8 Å². The molecule has 0 N–H and O–H groups in total. The second kappa shape index (κ2) is 12.0. The Balaban J connectivity index is 3.66. The van der Waals surface area contributed by atoms with Crippen molar-refractivity contribution in [1.29, 1.82) is 0 Å². The van der Waals surface area contributed by atoms with Crippen molar-refractivity contribution in [3.8, 4) is 0 Å². The summed E-state index contributed by atoms with van der Waals surface area (Å²) in [6.45, 7) is 8.64. The van der Waals surface area contributed by atoms with Crippen molar-refractivity contribution in [2.24, 2.45) is 5.92 Å². The third-order valence-electron chi connectivity index (χ3n) is 2.75. The van der Waals surface area contributed by atoms with E-state index in [0.717, 1.165) is 38.5 Å². The van der Waals surface area contributed by atoms with E-state index in [2.05, 4.69) is 20.8 Å². The Bertz CT molecular complexity index is 251. The number of carbonyl (C=O) groups excluding carboxylic acids is 2. The Morgan fingerprint density at radius 1 is 0.947 bits per heavy atom. The molecule has 0 aromatic rings. The van der Waals surface area contributed by atoms with Gasteiger partial charge in [-0.15, -0.1) is 0 Å². The highest BCUT2D eigenvalue weighted by Gasteiger charge is 2.19. The molecule has 19 heavy (non-hydrogen) atoms. The van der Waals surface area contributed by atoms with Gasteiger partial charge in [0.25, 0.3) is 0 Å². The first-order chi connectivity index (χ1) is 9.11. The van der Waals surface area contributed by atoms with Crippen LogP contribution in [0.1, 0.15) is 58.8 Å². The van der Waals surface area contributed by atoms with Crippen LogP contribution in [-0.4, -0.2) is 25.2 Å². The molecule has 4 nitrogen and oxygen atoms in total. The third kappa shape index (κ3) is 10.5. The molecular formula is C15H27O4. The first kappa shape index (κ1) is 17.9. The summed E-state index contributed by atoms with van der Waals surface area (Å²) in [6.07, 6.45) is 5.96. The van der Waals surface area contributed by atoms with Gasteiger partial charge >= 0.3 is 11.9 Å². The zero-order valence-electron chi connectivity index (χ0n) is 12.3. The van der Waals surface area contributed by atoms with Crippen LogP contribution in [-0.2, 0) is 19.1 Å². The molecule has 0 amide bonds. The number of ether oxygens (including phenoxy) is 2. The van der Waals surface area contributed by atoms with Gasteiger partial charge < -0.3 is 9.47 Å². The molecular weight excluding hydrogens is 244 g/mol.